The van der Waals surface area contributed by atoms with E-state index in [1.54, 1.807) is 0 Å². The molecule has 2 aromatic heterocycles. The summed E-state index contributed by atoms with van der Waals surface area (Å²) >= 11 is 0. The Kier molecular flexibility index (Phi) is 3.30. The van der Waals surface area contributed by atoms with E-state index in [-0.39, 0.29) is 5.54 Å². The van der Waals surface area contributed by atoms with Crippen molar-refractivity contribution in [3.63, 3.8) is 0 Å². The van der Waals surface area contributed by atoms with Crippen LogP contribution in [-0.2, 0) is 5.54 Å². The third-order valence-electron chi connectivity index (χ3n) is 4.11. The van der Waals surface area contributed by atoms with E-state index in [1.165, 1.54) is 0 Å². The van der Waals surface area contributed by atoms with Crippen molar-refractivity contribution >= 4 is 0 Å². The molecule has 3 rings (SSSR count). The summed E-state index contributed by atoms with van der Waals surface area (Å²) in [6.07, 6.45) is 4.98. The first-order valence-corrected chi connectivity index (χ1v) is 7.17. The highest BCUT2D eigenvalue weighted by Crippen LogP contribution is 2.33. The molecule has 20 heavy (non-hydrogen) atoms. The van der Waals surface area contributed by atoms with Gasteiger partial charge in [0.25, 0.3) is 0 Å². The highest BCUT2D eigenvalue weighted by atomic mass is 16.5. The second-order valence-corrected chi connectivity index (χ2v) is 5.57. The van der Waals surface area contributed by atoms with Crippen LogP contribution in [0.4, 0.5) is 0 Å². The van der Waals surface area contributed by atoms with Crippen LogP contribution in [0.15, 0.2) is 16.8 Å². The van der Waals surface area contributed by atoms with Crippen LogP contribution in [0, 0.1) is 13.8 Å². The quantitative estimate of drug-likeness (QED) is 0.930. The molecule has 0 spiro atoms. The van der Waals surface area contributed by atoms with Gasteiger partial charge < -0.3 is 9.84 Å². The SMILES string of the molecule is CCC1(c2nc(-c3ncc(C)cc3C)no2)CCCN1. The minimum atomic E-state index is -0.149. The molecule has 1 unspecified atom stereocenters. The van der Waals surface area contributed by atoms with Gasteiger partial charge >= 0.3 is 0 Å². The predicted octanol–water partition coefficient (Wildman–Crippen LogP) is 2.74. The van der Waals surface area contributed by atoms with E-state index < -0.39 is 0 Å². The summed E-state index contributed by atoms with van der Waals surface area (Å²) < 4.78 is 5.52. The first-order valence-electron chi connectivity index (χ1n) is 7.17. The molecule has 1 fully saturated rings. The lowest BCUT2D eigenvalue weighted by Crippen LogP contribution is -2.36. The fourth-order valence-electron chi connectivity index (χ4n) is 2.91. The minimum absolute atomic E-state index is 0.149. The van der Waals surface area contributed by atoms with Gasteiger partial charge in [0.15, 0.2) is 0 Å². The van der Waals surface area contributed by atoms with E-state index in [9.17, 15) is 0 Å². The van der Waals surface area contributed by atoms with Crippen molar-refractivity contribution in [3.05, 3.63) is 29.3 Å². The molecule has 3 heterocycles. The molecule has 1 aliphatic rings. The van der Waals surface area contributed by atoms with E-state index in [0.29, 0.717) is 11.7 Å². The van der Waals surface area contributed by atoms with Crippen LogP contribution in [0.5, 0.6) is 0 Å². The van der Waals surface area contributed by atoms with Gasteiger partial charge in [-0.1, -0.05) is 18.1 Å². The largest absolute Gasteiger partial charge is 0.337 e. The number of pyridine rings is 1. The molecule has 5 nitrogen and oxygen atoms in total. The molecule has 1 saturated heterocycles. The lowest BCUT2D eigenvalue weighted by atomic mass is 9.94. The van der Waals surface area contributed by atoms with Crippen molar-refractivity contribution in [2.45, 2.75) is 45.6 Å². The number of aromatic nitrogens is 3. The van der Waals surface area contributed by atoms with E-state index in [2.05, 4.69) is 33.4 Å². The van der Waals surface area contributed by atoms with E-state index >= 15 is 0 Å². The van der Waals surface area contributed by atoms with Crippen molar-refractivity contribution in [2.24, 2.45) is 0 Å². The Morgan fingerprint density at radius 2 is 2.25 bits per heavy atom. The highest BCUT2D eigenvalue weighted by Gasteiger charge is 2.39. The van der Waals surface area contributed by atoms with Crippen molar-refractivity contribution in [1.29, 1.82) is 0 Å². The third kappa shape index (κ3) is 2.12. The van der Waals surface area contributed by atoms with Gasteiger partial charge in [0.2, 0.25) is 11.7 Å². The van der Waals surface area contributed by atoms with E-state index in [0.717, 1.165) is 42.6 Å². The average Bonchev–Trinajstić information content (AvgIpc) is 3.08. The molecule has 5 heteroatoms. The van der Waals surface area contributed by atoms with Crippen LogP contribution in [0.25, 0.3) is 11.5 Å². The Labute approximate surface area is 118 Å². The summed E-state index contributed by atoms with van der Waals surface area (Å²) in [7, 11) is 0. The molecular formula is C15H20N4O. The Bertz CT molecular complexity index is 614. The summed E-state index contributed by atoms with van der Waals surface area (Å²) in [5.74, 6) is 1.27. The number of hydrogen-bond acceptors (Lipinski definition) is 5. The molecule has 0 radical (unpaired) electrons. The molecule has 1 aliphatic heterocycles. The van der Waals surface area contributed by atoms with E-state index in [1.807, 2.05) is 20.0 Å². The van der Waals surface area contributed by atoms with Crippen LogP contribution >= 0.6 is 0 Å². The zero-order chi connectivity index (χ0) is 14.2. The molecule has 2 aromatic rings. The van der Waals surface area contributed by atoms with Crippen molar-refractivity contribution in [1.82, 2.24) is 20.4 Å². The summed E-state index contributed by atoms with van der Waals surface area (Å²) in [6.45, 7) is 7.21. The zero-order valence-corrected chi connectivity index (χ0v) is 12.2. The molecular weight excluding hydrogens is 252 g/mol. The molecule has 0 amide bonds. The van der Waals surface area contributed by atoms with Crippen LogP contribution in [0.1, 0.15) is 43.2 Å². The topological polar surface area (TPSA) is 63.8 Å². The monoisotopic (exact) mass is 272 g/mol. The van der Waals surface area contributed by atoms with Gasteiger partial charge in [-0.2, -0.15) is 4.98 Å². The number of rotatable bonds is 3. The Balaban J connectivity index is 1.97. The summed E-state index contributed by atoms with van der Waals surface area (Å²) in [5, 5.41) is 7.63. The maximum atomic E-state index is 5.52. The van der Waals surface area contributed by atoms with Gasteiger partial charge in [-0.15, -0.1) is 0 Å². The highest BCUT2D eigenvalue weighted by molar-refractivity contribution is 5.54. The van der Waals surface area contributed by atoms with Gasteiger partial charge in [0, 0.05) is 6.20 Å². The second kappa shape index (κ2) is 4.98. The van der Waals surface area contributed by atoms with Crippen molar-refractivity contribution < 1.29 is 4.52 Å². The van der Waals surface area contributed by atoms with Crippen molar-refractivity contribution in [2.75, 3.05) is 6.54 Å². The zero-order valence-electron chi connectivity index (χ0n) is 12.2. The molecule has 0 saturated carbocycles. The molecule has 106 valence electrons. The third-order valence-corrected chi connectivity index (χ3v) is 4.11. The first kappa shape index (κ1) is 13.2. The van der Waals surface area contributed by atoms with Crippen LogP contribution in [0.2, 0.25) is 0 Å². The maximum Gasteiger partial charge on any atom is 0.247 e. The fraction of sp³-hybridized carbons (Fsp3) is 0.533. The molecule has 1 atom stereocenters. The standard InChI is InChI=1S/C15H20N4O/c1-4-15(6-5-7-17-15)14-18-13(19-20-14)12-11(3)8-10(2)9-16-12/h8-9,17H,4-7H2,1-3H3. The van der Waals surface area contributed by atoms with Gasteiger partial charge in [0.1, 0.15) is 5.69 Å². The van der Waals surface area contributed by atoms with Crippen LogP contribution in [0.3, 0.4) is 0 Å². The Hall–Kier alpha value is -1.75. The number of aryl methyl sites for hydroxylation is 2. The van der Waals surface area contributed by atoms with Gasteiger partial charge in [0.05, 0.1) is 5.54 Å². The second-order valence-electron chi connectivity index (χ2n) is 5.57. The lowest BCUT2D eigenvalue weighted by Gasteiger charge is -2.22. The Morgan fingerprint density at radius 3 is 2.90 bits per heavy atom. The summed E-state index contributed by atoms with van der Waals surface area (Å²) in [4.78, 5) is 9.02. The van der Waals surface area contributed by atoms with Crippen LogP contribution in [-0.4, -0.2) is 21.7 Å². The number of nitrogens with zero attached hydrogens (tertiary/aromatic N) is 3. The maximum absolute atomic E-state index is 5.52. The Morgan fingerprint density at radius 1 is 1.40 bits per heavy atom. The van der Waals surface area contributed by atoms with E-state index in [4.69, 9.17) is 4.52 Å². The number of hydrogen-bond donors (Lipinski definition) is 1. The average molecular weight is 272 g/mol. The van der Waals surface area contributed by atoms with Gasteiger partial charge in [-0.05, 0) is 50.8 Å². The molecule has 0 bridgehead atoms. The predicted molar refractivity (Wildman–Crippen MR) is 76.2 cm³/mol. The van der Waals surface area contributed by atoms with Gasteiger partial charge in [-0.3, -0.25) is 4.98 Å². The summed E-state index contributed by atoms with van der Waals surface area (Å²) in [5.41, 5.74) is 2.86. The molecule has 1 N–H and O–H groups in total. The molecule has 0 aromatic carbocycles. The summed E-state index contributed by atoms with van der Waals surface area (Å²) in [6, 6.07) is 2.09. The first-order chi connectivity index (χ1) is 9.64. The smallest absolute Gasteiger partial charge is 0.247 e. The van der Waals surface area contributed by atoms with Crippen LogP contribution < -0.4 is 5.32 Å². The van der Waals surface area contributed by atoms with Gasteiger partial charge in [-0.25, -0.2) is 0 Å². The molecule has 0 aliphatic carbocycles. The lowest BCUT2D eigenvalue weighted by molar-refractivity contribution is 0.250. The minimum Gasteiger partial charge on any atom is -0.337 e. The number of nitrogens with one attached hydrogen (secondary N) is 1. The van der Waals surface area contributed by atoms with Crippen molar-refractivity contribution in [3.8, 4) is 11.5 Å². The normalized spacial score (nSPS) is 22.4. The fourth-order valence-corrected chi connectivity index (χ4v) is 2.91.